The van der Waals surface area contributed by atoms with E-state index in [0.717, 1.165) is 4.90 Å². The van der Waals surface area contributed by atoms with Crippen LogP contribution >= 0.6 is 0 Å². The zero-order chi connectivity index (χ0) is 15.1. The Labute approximate surface area is 115 Å². The van der Waals surface area contributed by atoms with Gasteiger partial charge in [-0.3, -0.25) is 4.79 Å². The molecule has 1 aromatic carbocycles. The number of hydrogen-bond acceptors (Lipinski definition) is 2. The first-order valence-electron chi connectivity index (χ1n) is 5.96. The number of carboxylic acid groups (broad SMARTS) is 1. The molecule has 2 N–H and O–H groups in total. The van der Waals surface area contributed by atoms with Gasteiger partial charge in [0, 0.05) is 7.05 Å². The van der Waals surface area contributed by atoms with Crippen LogP contribution in [0.1, 0.15) is 18.0 Å². The summed E-state index contributed by atoms with van der Waals surface area (Å²) in [5.74, 6) is -1.09. The van der Waals surface area contributed by atoms with E-state index >= 15 is 0 Å². The fraction of sp³-hybridized carbons (Fsp3) is 0.385. The van der Waals surface area contributed by atoms with Gasteiger partial charge in [-0.1, -0.05) is 30.3 Å². The summed E-state index contributed by atoms with van der Waals surface area (Å²) in [5.41, 5.74) is 0.605. The van der Waals surface area contributed by atoms with E-state index in [-0.39, 0.29) is 6.42 Å². The predicted molar refractivity (Wildman–Crippen MR) is 68.6 cm³/mol. The molecule has 110 valence electrons. The highest BCUT2D eigenvalue weighted by Crippen LogP contribution is 2.16. The van der Waals surface area contributed by atoms with Crippen molar-refractivity contribution in [2.24, 2.45) is 0 Å². The van der Waals surface area contributed by atoms with E-state index in [2.05, 4.69) is 5.32 Å². The molecule has 0 aromatic heterocycles. The van der Waals surface area contributed by atoms with E-state index in [1.807, 2.05) is 0 Å². The Balaban J connectivity index is 2.75. The molecule has 1 unspecified atom stereocenters. The predicted octanol–water partition coefficient (Wildman–Crippen LogP) is 2.11. The van der Waals surface area contributed by atoms with Crippen LogP contribution in [0.15, 0.2) is 30.3 Å². The zero-order valence-electron chi connectivity index (χ0n) is 10.9. The average molecular weight is 286 g/mol. The minimum absolute atomic E-state index is 0.321. The largest absolute Gasteiger partial charge is 0.481 e. The lowest BCUT2D eigenvalue weighted by molar-refractivity contribution is -0.137. The molecule has 20 heavy (non-hydrogen) atoms. The molecule has 7 heteroatoms. The molecule has 0 bridgehead atoms. The monoisotopic (exact) mass is 286 g/mol. The van der Waals surface area contributed by atoms with Crippen molar-refractivity contribution in [3.63, 3.8) is 0 Å². The molecule has 0 aliphatic heterocycles. The van der Waals surface area contributed by atoms with Gasteiger partial charge in [0.05, 0.1) is 19.0 Å². The number of amides is 2. The number of alkyl halides is 2. The molecule has 0 heterocycles. The minimum Gasteiger partial charge on any atom is -0.481 e. The second kappa shape index (κ2) is 7.42. The minimum atomic E-state index is -2.64. The number of carbonyl (C=O) groups excluding carboxylic acids is 1. The van der Waals surface area contributed by atoms with Crippen LogP contribution in [-0.2, 0) is 4.79 Å². The third kappa shape index (κ3) is 5.21. The molecule has 1 atom stereocenters. The molecule has 0 fully saturated rings. The van der Waals surface area contributed by atoms with Gasteiger partial charge in [0.2, 0.25) is 0 Å². The summed E-state index contributed by atoms with van der Waals surface area (Å²) in [5, 5.41) is 11.3. The molecule has 0 saturated heterocycles. The standard InChI is InChI=1S/C13H16F2N2O3/c1-17(8-11(14)15)13(20)16-10(7-12(18)19)9-5-3-2-4-6-9/h2-6,10-11H,7-8H2,1H3,(H,16,20)(H,18,19). The lowest BCUT2D eigenvalue weighted by Crippen LogP contribution is -2.42. The van der Waals surface area contributed by atoms with Crippen LogP contribution in [0.3, 0.4) is 0 Å². The normalized spacial score (nSPS) is 12.0. The number of carboxylic acids is 1. The highest BCUT2D eigenvalue weighted by molar-refractivity contribution is 5.76. The number of carbonyl (C=O) groups is 2. The molecule has 2 amide bonds. The highest BCUT2D eigenvalue weighted by atomic mass is 19.3. The van der Waals surface area contributed by atoms with Crippen molar-refractivity contribution >= 4 is 12.0 Å². The maximum atomic E-state index is 12.2. The SMILES string of the molecule is CN(CC(F)F)C(=O)NC(CC(=O)O)c1ccccc1. The van der Waals surface area contributed by atoms with Crippen molar-refractivity contribution in [1.82, 2.24) is 10.2 Å². The zero-order valence-corrected chi connectivity index (χ0v) is 10.9. The summed E-state index contributed by atoms with van der Waals surface area (Å²) < 4.78 is 24.4. The van der Waals surface area contributed by atoms with Crippen LogP contribution in [0.4, 0.5) is 13.6 Å². The summed E-state index contributed by atoms with van der Waals surface area (Å²) in [6, 6.07) is 7.01. The summed E-state index contributed by atoms with van der Waals surface area (Å²) in [4.78, 5) is 23.4. The number of rotatable bonds is 6. The molecule has 0 aliphatic carbocycles. The lowest BCUT2D eigenvalue weighted by atomic mass is 10.0. The van der Waals surface area contributed by atoms with E-state index in [1.54, 1.807) is 30.3 Å². The Morgan fingerprint density at radius 3 is 2.40 bits per heavy atom. The van der Waals surface area contributed by atoms with Crippen molar-refractivity contribution in [1.29, 1.82) is 0 Å². The second-order valence-corrected chi connectivity index (χ2v) is 4.28. The second-order valence-electron chi connectivity index (χ2n) is 4.28. The van der Waals surface area contributed by atoms with E-state index in [9.17, 15) is 18.4 Å². The van der Waals surface area contributed by atoms with Crippen LogP contribution in [0.2, 0.25) is 0 Å². The molecule has 0 aliphatic rings. The van der Waals surface area contributed by atoms with Gasteiger partial charge in [0.1, 0.15) is 0 Å². The van der Waals surface area contributed by atoms with Gasteiger partial charge in [-0.05, 0) is 5.56 Å². The van der Waals surface area contributed by atoms with Gasteiger partial charge in [-0.15, -0.1) is 0 Å². The van der Waals surface area contributed by atoms with Crippen LogP contribution in [0, 0.1) is 0 Å². The molecule has 0 radical (unpaired) electrons. The van der Waals surface area contributed by atoms with E-state index in [0.29, 0.717) is 5.56 Å². The Bertz CT molecular complexity index is 454. The molecular formula is C13H16F2N2O3. The van der Waals surface area contributed by atoms with Gasteiger partial charge < -0.3 is 15.3 Å². The highest BCUT2D eigenvalue weighted by Gasteiger charge is 2.21. The van der Waals surface area contributed by atoms with E-state index < -0.39 is 31.0 Å². The van der Waals surface area contributed by atoms with Gasteiger partial charge in [-0.25, -0.2) is 13.6 Å². The summed E-state index contributed by atoms with van der Waals surface area (Å²) in [6.07, 6.45) is -2.96. The van der Waals surface area contributed by atoms with Crippen molar-refractivity contribution in [3.8, 4) is 0 Å². The third-order valence-electron chi connectivity index (χ3n) is 2.64. The van der Waals surface area contributed by atoms with Gasteiger partial charge >= 0.3 is 12.0 Å². The number of halogens is 2. The molecular weight excluding hydrogens is 270 g/mol. The first kappa shape index (κ1) is 15.9. The topological polar surface area (TPSA) is 69.6 Å². The van der Waals surface area contributed by atoms with Gasteiger partial charge in [0.15, 0.2) is 0 Å². The number of aliphatic carboxylic acids is 1. The van der Waals surface area contributed by atoms with Crippen molar-refractivity contribution in [2.75, 3.05) is 13.6 Å². The number of nitrogens with one attached hydrogen (secondary N) is 1. The number of urea groups is 1. The van der Waals surface area contributed by atoms with Crippen molar-refractivity contribution in [2.45, 2.75) is 18.9 Å². The number of benzene rings is 1. The first-order valence-corrected chi connectivity index (χ1v) is 5.96. The van der Waals surface area contributed by atoms with Gasteiger partial charge in [0.25, 0.3) is 6.43 Å². The Morgan fingerprint density at radius 1 is 1.30 bits per heavy atom. The summed E-state index contributed by atoms with van der Waals surface area (Å²) >= 11 is 0. The Hall–Kier alpha value is -2.18. The Morgan fingerprint density at radius 2 is 1.90 bits per heavy atom. The molecule has 1 rings (SSSR count). The molecule has 0 spiro atoms. The molecule has 5 nitrogen and oxygen atoms in total. The van der Waals surface area contributed by atoms with Crippen LogP contribution in [0.5, 0.6) is 0 Å². The molecule has 1 aromatic rings. The maximum absolute atomic E-state index is 12.2. The van der Waals surface area contributed by atoms with Gasteiger partial charge in [-0.2, -0.15) is 0 Å². The number of nitrogens with zero attached hydrogens (tertiary/aromatic N) is 1. The number of hydrogen-bond donors (Lipinski definition) is 2. The third-order valence-corrected chi connectivity index (χ3v) is 2.64. The van der Waals surface area contributed by atoms with Crippen LogP contribution < -0.4 is 5.32 Å². The average Bonchev–Trinajstić information content (AvgIpc) is 2.37. The lowest BCUT2D eigenvalue weighted by Gasteiger charge is -2.22. The first-order chi connectivity index (χ1) is 9.40. The summed E-state index contributed by atoms with van der Waals surface area (Å²) in [7, 11) is 1.23. The quantitative estimate of drug-likeness (QED) is 0.841. The smallest absolute Gasteiger partial charge is 0.317 e. The van der Waals surface area contributed by atoms with Crippen LogP contribution in [0.25, 0.3) is 0 Å². The van der Waals surface area contributed by atoms with Crippen molar-refractivity contribution in [3.05, 3.63) is 35.9 Å². The Kier molecular flexibility index (Phi) is 5.89. The van der Waals surface area contributed by atoms with E-state index in [4.69, 9.17) is 5.11 Å². The van der Waals surface area contributed by atoms with E-state index in [1.165, 1.54) is 7.05 Å². The fourth-order valence-corrected chi connectivity index (χ4v) is 1.66. The van der Waals surface area contributed by atoms with Crippen molar-refractivity contribution < 1.29 is 23.5 Å². The maximum Gasteiger partial charge on any atom is 0.317 e. The van der Waals surface area contributed by atoms with Crippen LogP contribution in [-0.4, -0.2) is 42.0 Å². The fourth-order valence-electron chi connectivity index (χ4n) is 1.66. The summed E-state index contributed by atoms with van der Waals surface area (Å²) in [6.45, 7) is -0.708. The molecule has 0 saturated carbocycles.